The highest BCUT2D eigenvalue weighted by Crippen LogP contribution is 2.23. The van der Waals surface area contributed by atoms with Gasteiger partial charge in [-0.15, -0.1) is 0 Å². The molecule has 0 heterocycles. The second-order valence-corrected chi connectivity index (χ2v) is 13.4. The Morgan fingerprint density at radius 1 is 0.516 bits per heavy atom. The van der Waals surface area contributed by atoms with Crippen molar-refractivity contribution in [3.63, 3.8) is 0 Å². The number of carboxylic acid groups (broad SMARTS) is 2. The summed E-state index contributed by atoms with van der Waals surface area (Å²) in [5, 5.41) is 27.8. The van der Waals surface area contributed by atoms with Gasteiger partial charge in [-0.3, -0.25) is 0 Å². The highest BCUT2D eigenvalue weighted by Gasteiger charge is 2.20. The van der Waals surface area contributed by atoms with Gasteiger partial charge in [-0.2, -0.15) is 4.89 Å². The van der Waals surface area contributed by atoms with Crippen LogP contribution >= 0.6 is 0 Å². The standard InChI is InChI=1S/C44H40O13.C6H6O/c1-2-52-37-18-19-39(41(29-37)43(47)48)44(49)56-35-13-8-31(9-14-35)20-22-50-24-25-51-23-21-32-10-15-36(16-11-32)57-55-30-33-12-17-38(28-40(33)42(45)46)54-27-26-53-34-6-4-3-5-7-34;7-6-4-2-1-3-5-6/h1,3-19,28-29H,20-27,30H2,(H,45,46)(H,47,48);1-5,7H. The molecule has 0 saturated carbocycles. The number of para-hydroxylation sites is 2. The number of rotatable bonds is 23. The maximum absolute atomic E-state index is 12.6. The minimum absolute atomic E-state index is 0.0476. The molecule has 0 saturated heterocycles. The lowest BCUT2D eigenvalue weighted by atomic mass is 10.1. The molecule has 0 aromatic heterocycles. The Morgan fingerprint density at radius 3 is 1.61 bits per heavy atom. The number of aromatic carboxylic acids is 2. The highest BCUT2D eigenvalue weighted by molar-refractivity contribution is 6.03. The van der Waals surface area contributed by atoms with Crippen LogP contribution in [0.5, 0.6) is 34.5 Å². The predicted molar refractivity (Wildman–Crippen MR) is 234 cm³/mol. The van der Waals surface area contributed by atoms with Crippen molar-refractivity contribution in [3.05, 3.63) is 179 Å². The topological polar surface area (TPSA) is 186 Å². The summed E-state index contributed by atoms with van der Waals surface area (Å²) in [6, 6.07) is 40.8. The van der Waals surface area contributed by atoms with E-state index in [2.05, 4.69) is 0 Å². The van der Waals surface area contributed by atoms with E-state index >= 15 is 0 Å². The van der Waals surface area contributed by atoms with E-state index in [1.807, 2.05) is 54.6 Å². The van der Waals surface area contributed by atoms with E-state index in [9.17, 15) is 24.6 Å². The second kappa shape index (κ2) is 25.8. The normalized spacial score (nSPS) is 10.4. The molecule has 14 heteroatoms. The van der Waals surface area contributed by atoms with Crippen LogP contribution in [0.3, 0.4) is 0 Å². The van der Waals surface area contributed by atoms with Crippen molar-refractivity contribution in [2.45, 2.75) is 19.4 Å². The molecule has 6 rings (SSSR count). The van der Waals surface area contributed by atoms with Crippen LogP contribution in [0.4, 0.5) is 0 Å². The summed E-state index contributed by atoms with van der Waals surface area (Å²) in [5.74, 6) is -0.955. The molecular formula is C50H46O14. The van der Waals surface area contributed by atoms with Gasteiger partial charge in [0.2, 0.25) is 0 Å². The van der Waals surface area contributed by atoms with E-state index in [1.54, 1.807) is 72.8 Å². The Bertz CT molecular complexity index is 2410. The Labute approximate surface area is 370 Å². The lowest BCUT2D eigenvalue weighted by Crippen LogP contribution is -2.14. The number of carbonyl (C=O) groups excluding carboxylic acids is 1. The third-order valence-corrected chi connectivity index (χ3v) is 8.92. The molecule has 0 amide bonds. The molecule has 0 unspecified atom stereocenters. The lowest BCUT2D eigenvalue weighted by Gasteiger charge is -2.12. The van der Waals surface area contributed by atoms with Crippen LogP contribution < -0.4 is 23.8 Å². The highest BCUT2D eigenvalue weighted by atomic mass is 17.2. The Kier molecular flexibility index (Phi) is 19.1. The van der Waals surface area contributed by atoms with Crippen LogP contribution in [0.15, 0.2) is 146 Å². The lowest BCUT2D eigenvalue weighted by molar-refractivity contribution is -0.217. The fourth-order valence-electron chi connectivity index (χ4n) is 5.70. The van der Waals surface area contributed by atoms with Crippen LogP contribution in [-0.4, -0.2) is 72.9 Å². The molecule has 330 valence electrons. The summed E-state index contributed by atoms with van der Waals surface area (Å²) in [5.41, 5.74) is 2.04. The number of phenols is 1. The quantitative estimate of drug-likeness (QED) is 0.0139. The molecule has 0 aliphatic carbocycles. The first-order valence-electron chi connectivity index (χ1n) is 19.9. The van der Waals surface area contributed by atoms with Gasteiger partial charge in [0.1, 0.15) is 54.7 Å². The molecule has 0 aliphatic rings. The van der Waals surface area contributed by atoms with Gasteiger partial charge >= 0.3 is 17.9 Å². The fourth-order valence-corrected chi connectivity index (χ4v) is 5.70. The summed E-state index contributed by atoms with van der Waals surface area (Å²) in [6.07, 6.45) is 8.34. The van der Waals surface area contributed by atoms with E-state index in [1.165, 1.54) is 18.2 Å². The van der Waals surface area contributed by atoms with Gasteiger partial charge in [0.25, 0.3) is 0 Å². The van der Waals surface area contributed by atoms with Gasteiger partial charge in [-0.1, -0.05) is 73.2 Å². The summed E-state index contributed by atoms with van der Waals surface area (Å²) in [6.45, 7) is 2.27. The monoisotopic (exact) mass is 870 g/mol. The number of esters is 1. The summed E-state index contributed by atoms with van der Waals surface area (Å²) in [4.78, 5) is 46.9. The molecule has 0 atom stereocenters. The maximum atomic E-state index is 12.6. The molecule has 6 aromatic rings. The average Bonchev–Trinajstić information content (AvgIpc) is 3.31. The van der Waals surface area contributed by atoms with Crippen molar-refractivity contribution in [3.8, 4) is 47.0 Å². The first kappa shape index (κ1) is 47.2. The molecule has 0 bridgehead atoms. The fraction of sp³-hybridized carbons (Fsp3) is 0.180. The van der Waals surface area contributed by atoms with Gasteiger partial charge in [0, 0.05) is 0 Å². The van der Waals surface area contributed by atoms with Crippen molar-refractivity contribution in [1.82, 2.24) is 0 Å². The van der Waals surface area contributed by atoms with Crippen LogP contribution in [0, 0.1) is 12.5 Å². The second-order valence-electron chi connectivity index (χ2n) is 13.4. The largest absolute Gasteiger partial charge is 0.508 e. The van der Waals surface area contributed by atoms with Crippen molar-refractivity contribution in [2.24, 2.45) is 0 Å². The third-order valence-electron chi connectivity index (χ3n) is 8.92. The smallest absolute Gasteiger partial charge is 0.344 e. The van der Waals surface area contributed by atoms with Crippen LogP contribution in [-0.2, 0) is 33.8 Å². The van der Waals surface area contributed by atoms with E-state index in [-0.39, 0.29) is 41.4 Å². The molecule has 0 aliphatic heterocycles. The maximum Gasteiger partial charge on any atom is 0.344 e. The van der Waals surface area contributed by atoms with Gasteiger partial charge in [0.15, 0.2) is 5.75 Å². The summed E-state index contributed by atoms with van der Waals surface area (Å²) < 4.78 is 32.9. The minimum atomic E-state index is -1.32. The third kappa shape index (κ3) is 16.2. The van der Waals surface area contributed by atoms with Gasteiger partial charge in [-0.05, 0) is 108 Å². The molecule has 14 nitrogen and oxygen atoms in total. The predicted octanol–water partition coefficient (Wildman–Crippen LogP) is 8.45. The van der Waals surface area contributed by atoms with Gasteiger partial charge in [-0.25, -0.2) is 14.4 Å². The molecule has 64 heavy (non-hydrogen) atoms. The first-order chi connectivity index (χ1) is 31.2. The number of carbonyl (C=O) groups is 3. The van der Waals surface area contributed by atoms with Crippen molar-refractivity contribution < 1.29 is 67.9 Å². The molecule has 0 fully saturated rings. The SMILES string of the molecule is C#COc1ccc(C(=O)Oc2ccc(CCOCCOCCc3ccc(OOCc4ccc(OCCOc5ccccc5)cc4C(=O)O)cc3)cc2)c(C(=O)O)c1.Oc1ccccc1. The number of benzene rings is 6. The summed E-state index contributed by atoms with van der Waals surface area (Å²) >= 11 is 0. The van der Waals surface area contributed by atoms with E-state index in [4.69, 9.17) is 49.7 Å². The van der Waals surface area contributed by atoms with Crippen molar-refractivity contribution in [2.75, 3.05) is 39.6 Å². The average molecular weight is 871 g/mol. The van der Waals surface area contributed by atoms with E-state index < -0.39 is 17.9 Å². The van der Waals surface area contributed by atoms with Crippen LogP contribution in [0.25, 0.3) is 0 Å². The zero-order valence-corrected chi connectivity index (χ0v) is 34.6. The van der Waals surface area contributed by atoms with E-state index in [0.29, 0.717) is 68.7 Å². The van der Waals surface area contributed by atoms with Crippen molar-refractivity contribution >= 4 is 17.9 Å². The van der Waals surface area contributed by atoms with E-state index in [0.717, 1.165) is 22.9 Å². The van der Waals surface area contributed by atoms with Gasteiger partial charge in [0.05, 0.1) is 43.1 Å². The summed E-state index contributed by atoms with van der Waals surface area (Å²) in [7, 11) is 0. The number of phenolic OH excluding ortho intramolecular Hbond substituents is 1. The van der Waals surface area contributed by atoms with Crippen LogP contribution in [0.2, 0.25) is 0 Å². The zero-order chi connectivity index (χ0) is 45.4. The Balaban J connectivity index is 0.00000100. The molecule has 0 radical (unpaired) electrons. The molecule has 3 N–H and O–H groups in total. The van der Waals surface area contributed by atoms with Crippen LogP contribution in [0.1, 0.15) is 47.8 Å². The number of hydrogen-bond donors (Lipinski definition) is 3. The number of hydrogen-bond acceptors (Lipinski definition) is 12. The number of terminal acetylenes is 1. The zero-order valence-electron chi connectivity index (χ0n) is 34.6. The number of carboxylic acids is 2. The van der Waals surface area contributed by atoms with Gasteiger partial charge < -0.3 is 48.6 Å². The first-order valence-corrected chi connectivity index (χ1v) is 19.9. The van der Waals surface area contributed by atoms with Crippen molar-refractivity contribution in [1.29, 1.82) is 0 Å². The minimum Gasteiger partial charge on any atom is -0.508 e. The Hall–Kier alpha value is -7.83. The number of aromatic hydroxyl groups is 1. The molecule has 0 spiro atoms. The molecular weight excluding hydrogens is 825 g/mol. The Morgan fingerprint density at radius 2 is 1.05 bits per heavy atom. The molecule has 6 aromatic carbocycles. The number of ether oxygens (including phenoxy) is 6.